The molecule has 0 aliphatic heterocycles. The highest BCUT2D eigenvalue weighted by Gasteiger charge is 2.26. The maximum absolute atomic E-state index is 5.31. The van der Waals surface area contributed by atoms with Gasteiger partial charge in [0.1, 0.15) is 0 Å². The first-order valence-corrected chi connectivity index (χ1v) is 5.73. The first-order valence-electron chi connectivity index (χ1n) is 5.73. The van der Waals surface area contributed by atoms with Crippen LogP contribution in [0.3, 0.4) is 0 Å². The zero-order chi connectivity index (χ0) is 10.8. The van der Waals surface area contributed by atoms with Gasteiger partial charge >= 0.3 is 0 Å². The molecule has 0 radical (unpaired) electrons. The molecule has 1 aromatic rings. The summed E-state index contributed by atoms with van der Waals surface area (Å²) in [5.74, 6) is 2.50. The zero-order valence-electron chi connectivity index (χ0n) is 9.66. The molecule has 1 heterocycles. The van der Waals surface area contributed by atoms with Gasteiger partial charge in [0.2, 0.25) is 5.89 Å². The van der Waals surface area contributed by atoms with Crippen molar-refractivity contribution in [3.63, 3.8) is 0 Å². The van der Waals surface area contributed by atoms with Crippen molar-refractivity contribution in [1.82, 2.24) is 15.5 Å². The van der Waals surface area contributed by atoms with E-state index < -0.39 is 0 Å². The molecule has 0 saturated heterocycles. The molecule has 0 amide bonds. The molecule has 0 spiro atoms. The van der Waals surface area contributed by atoms with Crippen LogP contribution < -0.4 is 5.32 Å². The third-order valence-electron chi connectivity index (χ3n) is 3.52. The summed E-state index contributed by atoms with van der Waals surface area (Å²) in [6, 6.07) is 0.361. The molecule has 15 heavy (non-hydrogen) atoms. The lowest BCUT2D eigenvalue weighted by molar-refractivity contribution is 0.322. The molecule has 1 saturated carbocycles. The molecule has 4 nitrogen and oxygen atoms in total. The van der Waals surface area contributed by atoms with E-state index in [2.05, 4.69) is 29.3 Å². The number of aromatic nitrogens is 2. The van der Waals surface area contributed by atoms with Crippen molar-refractivity contribution in [2.45, 2.75) is 51.0 Å². The summed E-state index contributed by atoms with van der Waals surface area (Å²) in [5, 5.41) is 7.26. The zero-order valence-corrected chi connectivity index (χ0v) is 9.66. The van der Waals surface area contributed by atoms with Gasteiger partial charge in [-0.3, -0.25) is 0 Å². The lowest BCUT2D eigenvalue weighted by atomic mass is 9.85. The standard InChI is InChI=1S/C11H19N3O/c1-7(8(2)12-3)11-13-10(14-15-11)9-5-4-6-9/h7-9,12H,4-6H2,1-3H3. The Morgan fingerprint density at radius 3 is 2.67 bits per heavy atom. The van der Waals surface area contributed by atoms with Crippen molar-refractivity contribution >= 4 is 0 Å². The van der Waals surface area contributed by atoms with Crippen molar-refractivity contribution in [3.8, 4) is 0 Å². The van der Waals surface area contributed by atoms with Gasteiger partial charge in [0.25, 0.3) is 0 Å². The Balaban J connectivity index is 2.05. The van der Waals surface area contributed by atoms with Crippen molar-refractivity contribution in [1.29, 1.82) is 0 Å². The van der Waals surface area contributed by atoms with Gasteiger partial charge in [0, 0.05) is 12.0 Å². The van der Waals surface area contributed by atoms with Crippen molar-refractivity contribution in [2.24, 2.45) is 0 Å². The summed E-state index contributed by atoms with van der Waals surface area (Å²) in [7, 11) is 1.95. The number of nitrogens with one attached hydrogen (secondary N) is 1. The van der Waals surface area contributed by atoms with E-state index in [9.17, 15) is 0 Å². The molecule has 2 unspecified atom stereocenters. The van der Waals surface area contributed by atoms with E-state index in [1.807, 2.05) is 7.05 Å². The topological polar surface area (TPSA) is 51.0 Å². The van der Waals surface area contributed by atoms with Crippen LogP contribution in [0.5, 0.6) is 0 Å². The second-order valence-electron chi connectivity index (χ2n) is 4.48. The summed E-state index contributed by atoms with van der Waals surface area (Å²) in [6.07, 6.45) is 3.74. The van der Waals surface area contributed by atoms with E-state index in [-0.39, 0.29) is 5.92 Å². The Labute approximate surface area is 90.4 Å². The second-order valence-corrected chi connectivity index (χ2v) is 4.48. The van der Waals surface area contributed by atoms with Crippen LogP contribution in [0.1, 0.15) is 56.7 Å². The van der Waals surface area contributed by atoms with Gasteiger partial charge < -0.3 is 9.84 Å². The Hall–Kier alpha value is -0.900. The molecular formula is C11H19N3O. The molecule has 1 aliphatic rings. The van der Waals surface area contributed by atoms with Gasteiger partial charge in [0.05, 0.1) is 5.92 Å². The summed E-state index contributed by atoms with van der Waals surface area (Å²) in [4.78, 5) is 4.48. The van der Waals surface area contributed by atoms with Gasteiger partial charge in [-0.2, -0.15) is 4.98 Å². The van der Waals surface area contributed by atoms with Crippen LogP contribution in [0.2, 0.25) is 0 Å². The third kappa shape index (κ3) is 2.04. The fourth-order valence-electron chi connectivity index (χ4n) is 1.73. The molecule has 2 rings (SSSR count). The quantitative estimate of drug-likeness (QED) is 0.824. The number of nitrogens with zero attached hydrogens (tertiary/aromatic N) is 2. The van der Waals surface area contributed by atoms with Gasteiger partial charge in [0.15, 0.2) is 5.82 Å². The van der Waals surface area contributed by atoms with E-state index >= 15 is 0 Å². The predicted octanol–water partition coefficient (Wildman–Crippen LogP) is 2.05. The highest BCUT2D eigenvalue weighted by atomic mass is 16.5. The Morgan fingerprint density at radius 1 is 1.40 bits per heavy atom. The second kappa shape index (κ2) is 4.31. The predicted molar refractivity (Wildman–Crippen MR) is 57.8 cm³/mol. The Bertz CT molecular complexity index is 319. The Morgan fingerprint density at radius 2 is 2.13 bits per heavy atom. The fourth-order valence-corrected chi connectivity index (χ4v) is 1.73. The lowest BCUT2D eigenvalue weighted by Gasteiger charge is -2.21. The Kier molecular flexibility index (Phi) is 3.05. The van der Waals surface area contributed by atoms with Crippen LogP contribution in [0, 0.1) is 0 Å². The normalized spacial score (nSPS) is 21.0. The average Bonchev–Trinajstić information content (AvgIpc) is 2.62. The maximum atomic E-state index is 5.31. The van der Waals surface area contributed by atoms with Crippen molar-refractivity contribution < 1.29 is 4.52 Å². The monoisotopic (exact) mass is 209 g/mol. The van der Waals surface area contributed by atoms with Crippen molar-refractivity contribution in [2.75, 3.05) is 7.05 Å². The van der Waals surface area contributed by atoms with Crippen LogP contribution in [0.15, 0.2) is 4.52 Å². The SMILES string of the molecule is CNC(C)C(C)c1nc(C2CCC2)no1. The summed E-state index contributed by atoms with van der Waals surface area (Å²) in [5.41, 5.74) is 0. The number of hydrogen-bond donors (Lipinski definition) is 1. The van der Waals surface area contributed by atoms with E-state index in [0.29, 0.717) is 12.0 Å². The molecule has 4 heteroatoms. The van der Waals surface area contributed by atoms with Crippen LogP contribution >= 0.6 is 0 Å². The average molecular weight is 209 g/mol. The molecule has 84 valence electrons. The first kappa shape index (κ1) is 10.6. The van der Waals surface area contributed by atoms with Crippen molar-refractivity contribution in [3.05, 3.63) is 11.7 Å². The molecular weight excluding hydrogens is 190 g/mol. The molecule has 1 aromatic heterocycles. The minimum absolute atomic E-state index is 0.274. The largest absolute Gasteiger partial charge is 0.339 e. The lowest BCUT2D eigenvalue weighted by Crippen LogP contribution is -2.27. The highest BCUT2D eigenvalue weighted by molar-refractivity contribution is 5.03. The van der Waals surface area contributed by atoms with E-state index in [1.165, 1.54) is 19.3 Å². The maximum Gasteiger partial charge on any atom is 0.231 e. The molecule has 0 aromatic carbocycles. The third-order valence-corrected chi connectivity index (χ3v) is 3.52. The summed E-state index contributed by atoms with van der Waals surface area (Å²) >= 11 is 0. The highest BCUT2D eigenvalue weighted by Crippen LogP contribution is 2.35. The number of hydrogen-bond acceptors (Lipinski definition) is 4. The molecule has 1 aliphatic carbocycles. The number of rotatable bonds is 4. The van der Waals surface area contributed by atoms with Gasteiger partial charge in [-0.05, 0) is 26.8 Å². The first-order chi connectivity index (χ1) is 7.22. The minimum Gasteiger partial charge on any atom is -0.339 e. The molecule has 1 N–H and O–H groups in total. The van der Waals surface area contributed by atoms with Crippen LogP contribution in [-0.4, -0.2) is 23.2 Å². The molecule has 1 fully saturated rings. The fraction of sp³-hybridized carbons (Fsp3) is 0.818. The van der Waals surface area contributed by atoms with Gasteiger partial charge in [-0.25, -0.2) is 0 Å². The number of likely N-dealkylation sites (N-methyl/N-ethyl adjacent to an activating group) is 1. The smallest absolute Gasteiger partial charge is 0.231 e. The van der Waals surface area contributed by atoms with E-state index in [1.54, 1.807) is 0 Å². The van der Waals surface area contributed by atoms with Crippen LogP contribution in [0.25, 0.3) is 0 Å². The minimum atomic E-state index is 0.274. The van der Waals surface area contributed by atoms with Crippen LogP contribution in [-0.2, 0) is 0 Å². The molecule has 0 bridgehead atoms. The van der Waals surface area contributed by atoms with Gasteiger partial charge in [-0.1, -0.05) is 18.5 Å². The summed E-state index contributed by atoms with van der Waals surface area (Å²) in [6.45, 7) is 4.23. The summed E-state index contributed by atoms with van der Waals surface area (Å²) < 4.78 is 5.31. The van der Waals surface area contributed by atoms with E-state index in [4.69, 9.17) is 4.52 Å². The molecule has 2 atom stereocenters. The van der Waals surface area contributed by atoms with Gasteiger partial charge in [-0.15, -0.1) is 0 Å². The van der Waals surface area contributed by atoms with Crippen LogP contribution in [0.4, 0.5) is 0 Å². The van der Waals surface area contributed by atoms with E-state index in [0.717, 1.165) is 11.7 Å².